The van der Waals surface area contributed by atoms with Gasteiger partial charge >= 0.3 is 12.1 Å². The third-order valence-corrected chi connectivity index (χ3v) is 2.28. The first-order valence-corrected chi connectivity index (χ1v) is 5.95. The fraction of sp³-hybridized carbons (Fsp3) is 0.600. The number of halogens is 3. The predicted molar refractivity (Wildman–Crippen MR) is 63.3 cm³/mol. The van der Waals surface area contributed by atoms with Crippen LogP contribution in [0.1, 0.15) is 23.3 Å². The molecule has 118 valence electrons. The number of hydrogen-bond donors (Lipinski definition) is 3. The van der Waals surface area contributed by atoms with Crippen molar-refractivity contribution in [3.05, 3.63) is 11.9 Å². The van der Waals surface area contributed by atoms with Crippen molar-refractivity contribution in [2.24, 2.45) is 5.73 Å². The molecule has 2 rings (SSSR count). The Morgan fingerprint density at radius 2 is 2.05 bits per heavy atom. The quantitative estimate of drug-likeness (QED) is 0.705. The molecule has 0 atom stereocenters. The zero-order valence-electron chi connectivity index (χ0n) is 10.8. The molecule has 21 heavy (non-hydrogen) atoms. The Hall–Kier alpha value is -2.17. The molecule has 1 saturated carbocycles. The van der Waals surface area contributed by atoms with Crippen molar-refractivity contribution in [2.75, 3.05) is 6.54 Å². The second kappa shape index (κ2) is 7.02. The molecule has 1 heterocycles. The van der Waals surface area contributed by atoms with Crippen LogP contribution in [-0.2, 0) is 11.3 Å². The SMILES string of the molecule is NCCn1cc(C(=O)NC2CC2)nn1.O=C(O)C(F)(F)F. The highest BCUT2D eigenvalue weighted by molar-refractivity contribution is 5.92. The van der Waals surface area contributed by atoms with Crippen molar-refractivity contribution in [3.8, 4) is 0 Å². The summed E-state index contributed by atoms with van der Waals surface area (Å²) >= 11 is 0. The number of nitrogens with zero attached hydrogens (tertiary/aromatic N) is 3. The summed E-state index contributed by atoms with van der Waals surface area (Å²) in [6.45, 7) is 1.08. The van der Waals surface area contributed by atoms with E-state index in [4.69, 9.17) is 15.6 Å². The molecule has 0 aromatic carbocycles. The number of aliphatic carboxylic acids is 1. The van der Waals surface area contributed by atoms with Crippen LogP contribution in [0.3, 0.4) is 0 Å². The minimum Gasteiger partial charge on any atom is -0.475 e. The molecule has 0 bridgehead atoms. The second-order valence-electron chi connectivity index (χ2n) is 4.21. The molecule has 1 fully saturated rings. The number of carbonyl (C=O) groups excluding carboxylic acids is 1. The number of carboxylic acids is 1. The van der Waals surface area contributed by atoms with Crippen molar-refractivity contribution < 1.29 is 27.9 Å². The van der Waals surface area contributed by atoms with Gasteiger partial charge in [0.1, 0.15) is 0 Å². The van der Waals surface area contributed by atoms with Crippen molar-refractivity contribution >= 4 is 11.9 Å². The summed E-state index contributed by atoms with van der Waals surface area (Å²) in [5.41, 5.74) is 5.71. The molecule has 0 unspecified atom stereocenters. The van der Waals surface area contributed by atoms with E-state index in [0.717, 1.165) is 12.8 Å². The number of nitrogens with two attached hydrogens (primary N) is 1. The van der Waals surface area contributed by atoms with Gasteiger partial charge in [-0.1, -0.05) is 5.21 Å². The van der Waals surface area contributed by atoms with Gasteiger partial charge in [-0.15, -0.1) is 5.10 Å². The Morgan fingerprint density at radius 3 is 2.48 bits per heavy atom. The Morgan fingerprint density at radius 1 is 1.48 bits per heavy atom. The number of alkyl halides is 3. The maximum atomic E-state index is 11.5. The number of carbonyl (C=O) groups is 2. The highest BCUT2D eigenvalue weighted by atomic mass is 19.4. The van der Waals surface area contributed by atoms with Crippen LogP contribution in [0.25, 0.3) is 0 Å². The highest BCUT2D eigenvalue weighted by Gasteiger charge is 2.38. The van der Waals surface area contributed by atoms with Gasteiger partial charge in [0.05, 0.1) is 12.7 Å². The average molecular weight is 309 g/mol. The molecule has 1 aromatic heterocycles. The molecule has 1 aromatic rings. The van der Waals surface area contributed by atoms with Gasteiger partial charge in [-0.2, -0.15) is 13.2 Å². The monoisotopic (exact) mass is 309 g/mol. The first-order valence-electron chi connectivity index (χ1n) is 5.95. The lowest BCUT2D eigenvalue weighted by atomic mass is 10.4. The highest BCUT2D eigenvalue weighted by Crippen LogP contribution is 2.18. The first-order chi connectivity index (χ1) is 9.74. The van der Waals surface area contributed by atoms with E-state index in [2.05, 4.69) is 15.6 Å². The number of rotatable bonds is 4. The van der Waals surface area contributed by atoms with Gasteiger partial charge in [-0.25, -0.2) is 4.79 Å². The lowest BCUT2D eigenvalue weighted by molar-refractivity contribution is -0.192. The molecule has 1 amide bonds. The van der Waals surface area contributed by atoms with Gasteiger partial charge in [0, 0.05) is 12.6 Å². The Kier molecular flexibility index (Phi) is 5.64. The van der Waals surface area contributed by atoms with Crippen LogP contribution in [0.4, 0.5) is 13.2 Å². The Balaban J connectivity index is 0.000000270. The molecule has 11 heteroatoms. The van der Waals surface area contributed by atoms with E-state index in [-0.39, 0.29) is 5.91 Å². The summed E-state index contributed by atoms with van der Waals surface area (Å²) in [5, 5.41) is 17.5. The minimum atomic E-state index is -5.08. The maximum Gasteiger partial charge on any atom is 0.490 e. The summed E-state index contributed by atoms with van der Waals surface area (Å²) in [5.74, 6) is -2.90. The molecular weight excluding hydrogens is 295 g/mol. The van der Waals surface area contributed by atoms with Crippen LogP contribution in [0.2, 0.25) is 0 Å². The number of hydrogen-bond acceptors (Lipinski definition) is 5. The lowest BCUT2D eigenvalue weighted by Crippen LogP contribution is -2.25. The van der Waals surface area contributed by atoms with E-state index < -0.39 is 12.1 Å². The number of nitrogens with one attached hydrogen (secondary N) is 1. The Labute approximate surface area is 117 Å². The molecule has 8 nitrogen and oxygen atoms in total. The van der Waals surface area contributed by atoms with Gasteiger partial charge in [0.2, 0.25) is 0 Å². The smallest absolute Gasteiger partial charge is 0.475 e. The van der Waals surface area contributed by atoms with Crippen molar-refractivity contribution in [2.45, 2.75) is 31.6 Å². The van der Waals surface area contributed by atoms with Gasteiger partial charge in [0.25, 0.3) is 5.91 Å². The summed E-state index contributed by atoms with van der Waals surface area (Å²) in [4.78, 5) is 20.4. The summed E-state index contributed by atoms with van der Waals surface area (Å²) < 4.78 is 33.3. The van der Waals surface area contributed by atoms with E-state index in [1.165, 1.54) is 0 Å². The van der Waals surface area contributed by atoms with Crippen LogP contribution in [0, 0.1) is 0 Å². The van der Waals surface area contributed by atoms with E-state index >= 15 is 0 Å². The maximum absolute atomic E-state index is 11.5. The van der Waals surface area contributed by atoms with E-state index in [0.29, 0.717) is 24.8 Å². The largest absolute Gasteiger partial charge is 0.490 e. The third kappa shape index (κ3) is 6.21. The normalized spacial score (nSPS) is 14.1. The molecule has 0 radical (unpaired) electrons. The van der Waals surface area contributed by atoms with E-state index in [9.17, 15) is 18.0 Å². The zero-order valence-corrected chi connectivity index (χ0v) is 10.8. The van der Waals surface area contributed by atoms with Crippen molar-refractivity contribution in [1.29, 1.82) is 0 Å². The molecule has 0 aliphatic heterocycles. The first kappa shape index (κ1) is 16.9. The molecule has 1 aliphatic carbocycles. The molecule has 0 spiro atoms. The topological polar surface area (TPSA) is 123 Å². The average Bonchev–Trinajstić information content (AvgIpc) is 3.05. The number of aromatic nitrogens is 3. The number of amides is 1. The zero-order chi connectivity index (χ0) is 16.0. The fourth-order valence-corrected chi connectivity index (χ4v) is 1.13. The predicted octanol–water partition coefficient (Wildman–Crippen LogP) is -0.238. The minimum absolute atomic E-state index is 0.143. The summed E-state index contributed by atoms with van der Waals surface area (Å²) in [7, 11) is 0. The van der Waals surface area contributed by atoms with Crippen LogP contribution in [0.15, 0.2) is 6.20 Å². The second-order valence-corrected chi connectivity index (χ2v) is 4.21. The van der Waals surface area contributed by atoms with Crippen LogP contribution in [0.5, 0.6) is 0 Å². The third-order valence-electron chi connectivity index (χ3n) is 2.28. The standard InChI is InChI=1S/C8H13N5O.C2HF3O2/c9-3-4-13-5-7(11-12-13)8(14)10-6-1-2-6;3-2(4,5)1(6)7/h5-6H,1-4,9H2,(H,10,14);(H,6,7). The van der Waals surface area contributed by atoms with Crippen LogP contribution >= 0.6 is 0 Å². The van der Waals surface area contributed by atoms with Gasteiger partial charge in [-0.3, -0.25) is 9.48 Å². The van der Waals surface area contributed by atoms with Gasteiger partial charge < -0.3 is 16.2 Å². The van der Waals surface area contributed by atoms with Gasteiger partial charge in [0.15, 0.2) is 5.69 Å². The molecular formula is C10H14F3N5O3. The summed E-state index contributed by atoms with van der Waals surface area (Å²) in [6.07, 6.45) is -1.32. The number of carboxylic acid groups (broad SMARTS) is 1. The van der Waals surface area contributed by atoms with Gasteiger partial charge in [-0.05, 0) is 12.8 Å². The van der Waals surface area contributed by atoms with E-state index in [1.807, 2.05) is 0 Å². The lowest BCUT2D eigenvalue weighted by Gasteiger charge is -1.97. The van der Waals surface area contributed by atoms with Crippen LogP contribution in [-0.4, -0.2) is 50.7 Å². The Bertz CT molecular complexity index is 498. The van der Waals surface area contributed by atoms with Crippen LogP contribution < -0.4 is 11.1 Å². The summed E-state index contributed by atoms with van der Waals surface area (Å²) in [6, 6.07) is 0.349. The fourth-order valence-electron chi connectivity index (χ4n) is 1.13. The molecule has 0 saturated heterocycles. The molecule has 4 N–H and O–H groups in total. The van der Waals surface area contributed by atoms with Crippen molar-refractivity contribution in [1.82, 2.24) is 20.3 Å². The van der Waals surface area contributed by atoms with Crippen molar-refractivity contribution in [3.63, 3.8) is 0 Å². The van der Waals surface area contributed by atoms with E-state index in [1.54, 1.807) is 10.9 Å². The molecule has 1 aliphatic rings.